The molecule has 0 aromatic heterocycles. The van der Waals surface area contributed by atoms with Crippen molar-refractivity contribution in [2.45, 2.75) is 129 Å². The van der Waals surface area contributed by atoms with Crippen molar-refractivity contribution in [1.29, 1.82) is 0 Å². The predicted octanol–water partition coefficient (Wildman–Crippen LogP) is 8.93. The molecule has 4 saturated carbocycles. The lowest BCUT2D eigenvalue weighted by Crippen LogP contribution is -2.41. The Morgan fingerprint density at radius 3 is 1.50 bits per heavy atom. The molecule has 0 aliphatic heterocycles. The van der Waals surface area contributed by atoms with E-state index >= 15 is 0 Å². The Balaban J connectivity index is 1.12. The molecule has 0 aromatic carbocycles. The Morgan fingerprint density at radius 1 is 0.500 bits per heavy atom. The largest absolute Gasteiger partial charge is 0.244 e. The molecule has 0 radical (unpaired) electrons. The van der Waals surface area contributed by atoms with E-state index in [1.165, 1.54) is 77.0 Å². The molecule has 0 N–H and O–H groups in total. The molecular weight excluding hydrogens is 374 g/mol. The highest BCUT2D eigenvalue weighted by Gasteiger charge is 2.42. The number of rotatable bonds is 5. The molecular formula is C28H48F2. The fourth-order valence-electron chi connectivity index (χ4n) is 7.90. The summed E-state index contributed by atoms with van der Waals surface area (Å²) in [4.78, 5) is 0. The van der Waals surface area contributed by atoms with Gasteiger partial charge in [-0.2, -0.15) is 0 Å². The molecule has 174 valence electrons. The molecule has 0 amide bonds. The Kier molecular flexibility index (Phi) is 8.18. The minimum absolute atomic E-state index is 0.00945. The molecule has 30 heavy (non-hydrogen) atoms. The fraction of sp³-hybridized carbons (Fsp3) is 1.00. The zero-order valence-corrected chi connectivity index (χ0v) is 19.8. The molecule has 4 unspecified atom stereocenters. The van der Waals surface area contributed by atoms with Crippen LogP contribution in [0.2, 0.25) is 0 Å². The summed E-state index contributed by atoms with van der Waals surface area (Å²) in [6.45, 7) is 4.32. The van der Waals surface area contributed by atoms with Crippen molar-refractivity contribution in [1.82, 2.24) is 0 Å². The second-order valence-corrected chi connectivity index (χ2v) is 12.3. The molecule has 0 heterocycles. The van der Waals surface area contributed by atoms with E-state index < -0.39 is 12.3 Å². The predicted molar refractivity (Wildman–Crippen MR) is 123 cm³/mol. The molecule has 4 aliphatic rings. The van der Waals surface area contributed by atoms with E-state index in [0.29, 0.717) is 5.92 Å². The highest BCUT2D eigenvalue weighted by atomic mass is 19.2. The van der Waals surface area contributed by atoms with Crippen LogP contribution in [0.4, 0.5) is 8.78 Å². The van der Waals surface area contributed by atoms with Crippen LogP contribution in [-0.4, -0.2) is 12.3 Å². The van der Waals surface area contributed by atoms with Crippen molar-refractivity contribution < 1.29 is 8.78 Å². The molecule has 0 nitrogen and oxygen atoms in total. The first-order valence-corrected chi connectivity index (χ1v) is 13.8. The zero-order chi connectivity index (χ0) is 21.1. The quantitative estimate of drug-likeness (QED) is 0.415. The summed E-state index contributed by atoms with van der Waals surface area (Å²) in [7, 11) is 0. The summed E-state index contributed by atoms with van der Waals surface area (Å²) < 4.78 is 28.7. The Morgan fingerprint density at radius 2 is 0.967 bits per heavy atom. The fourth-order valence-corrected chi connectivity index (χ4v) is 7.90. The molecule has 4 aliphatic carbocycles. The maximum atomic E-state index is 14.6. The zero-order valence-electron chi connectivity index (χ0n) is 19.8. The number of hydrogen-bond donors (Lipinski definition) is 0. The Bertz CT molecular complexity index is 495. The highest BCUT2D eigenvalue weighted by molar-refractivity contribution is 4.91. The number of hydrogen-bond acceptors (Lipinski definition) is 0. The van der Waals surface area contributed by atoms with E-state index in [0.717, 1.165) is 55.3 Å². The summed E-state index contributed by atoms with van der Waals surface area (Å²) in [5.41, 5.74) is 0. The molecule has 4 rings (SSSR count). The van der Waals surface area contributed by atoms with E-state index in [2.05, 4.69) is 6.92 Å². The topological polar surface area (TPSA) is 0 Å². The second kappa shape index (κ2) is 10.7. The summed E-state index contributed by atoms with van der Waals surface area (Å²) in [5.74, 6) is 5.28. The van der Waals surface area contributed by atoms with Gasteiger partial charge in [-0.1, -0.05) is 65.2 Å². The molecule has 0 bridgehead atoms. The van der Waals surface area contributed by atoms with Crippen LogP contribution in [0.15, 0.2) is 0 Å². The van der Waals surface area contributed by atoms with E-state index in [4.69, 9.17) is 0 Å². The van der Waals surface area contributed by atoms with Gasteiger partial charge in [0.05, 0.1) is 0 Å². The first-order chi connectivity index (χ1) is 14.5. The van der Waals surface area contributed by atoms with Crippen molar-refractivity contribution in [3.05, 3.63) is 0 Å². The number of alkyl halides is 2. The van der Waals surface area contributed by atoms with E-state index in [9.17, 15) is 8.78 Å². The lowest BCUT2D eigenvalue weighted by molar-refractivity contribution is -0.00691. The lowest BCUT2D eigenvalue weighted by Gasteiger charge is -2.41. The smallest absolute Gasteiger partial charge is 0.134 e. The van der Waals surface area contributed by atoms with Crippen LogP contribution in [0.1, 0.15) is 117 Å². The summed E-state index contributed by atoms with van der Waals surface area (Å²) in [6.07, 6.45) is 19.0. The Hall–Kier alpha value is -0.140. The van der Waals surface area contributed by atoms with Crippen molar-refractivity contribution in [3.63, 3.8) is 0 Å². The molecule has 4 fully saturated rings. The van der Waals surface area contributed by atoms with Gasteiger partial charge in [-0.3, -0.25) is 0 Å². The normalized spacial score (nSPS) is 48.4. The van der Waals surface area contributed by atoms with E-state index in [1.54, 1.807) is 0 Å². The third-order valence-corrected chi connectivity index (χ3v) is 10.3. The summed E-state index contributed by atoms with van der Waals surface area (Å²) in [5, 5.41) is 0. The van der Waals surface area contributed by atoms with E-state index in [-0.39, 0.29) is 11.8 Å². The van der Waals surface area contributed by atoms with Crippen molar-refractivity contribution in [3.8, 4) is 0 Å². The first kappa shape index (κ1) is 23.0. The van der Waals surface area contributed by atoms with Gasteiger partial charge in [-0.05, 0) is 98.7 Å². The first-order valence-electron chi connectivity index (χ1n) is 13.8. The second-order valence-electron chi connectivity index (χ2n) is 12.3. The Labute approximate surface area is 185 Å². The van der Waals surface area contributed by atoms with Crippen LogP contribution in [0.5, 0.6) is 0 Å². The van der Waals surface area contributed by atoms with Gasteiger partial charge in [-0.25, -0.2) is 8.78 Å². The minimum Gasteiger partial charge on any atom is -0.244 e. The maximum Gasteiger partial charge on any atom is 0.134 e. The van der Waals surface area contributed by atoms with Gasteiger partial charge >= 0.3 is 0 Å². The molecule has 2 heteroatoms. The average Bonchev–Trinajstić information content (AvgIpc) is 2.78. The van der Waals surface area contributed by atoms with Gasteiger partial charge in [0.1, 0.15) is 12.3 Å². The van der Waals surface area contributed by atoms with Gasteiger partial charge in [0.25, 0.3) is 0 Å². The molecule has 0 saturated heterocycles. The van der Waals surface area contributed by atoms with Crippen LogP contribution in [0.3, 0.4) is 0 Å². The van der Waals surface area contributed by atoms with Crippen LogP contribution < -0.4 is 0 Å². The minimum atomic E-state index is -1.21. The number of halogens is 2. The SMILES string of the molecule is CC1CCC(C2CCC(CCC3CCC(C4CCC(C)C(F)C4F)CC3)CC2)CC1. The highest BCUT2D eigenvalue weighted by Crippen LogP contribution is 2.46. The average molecular weight is 423 g/mol. The molecule has 0 aromatic rings. The van der Waals surface area contributed by atoms with Crippen LogP contribution in [0, 0.1) is 47.3 Å². The monoisotopic (exact) mass is 422 g/mol. The van der Waals surface area contributed by atoms with Crippen LogP contribution in [0.25, 0.3) is 0 Å². The van der Waals surface area contributed by atoms with Gasteiger partial charge in [0.15, 0.2) is 0 Å². The molecule has 0 spiro atoms. The maximum absolute atomic E-state index is 14.6. The standard InChI is InChI=1S/C28H48F2/c1-19-3-12-23(13-4-19)24-14-8-21(9-15-24)6-7-22-10-16-25(17-11-22)26-18-5-20(2)27(29)28(26)30/h19-28H,3-18H2,1-2H3. The van der Waals surface area contributed by atoms with Crippen LogP contribution >= 0.6 is 0 Å². The van der Waals surface area contributed by atoms with Crippen molar-refractivity contribution in [2.24, 2.45) is 47.3 Å². The lowest BCUT2D eigenvalue weighted by atomic mass is 9.66. The van der Waals surface area contributed by atoms with Gasteiger partial charge in [-0.15, -0.1) is 0 Å². The van der Waals surface area contributed by atoms with Crippen molar-refractivity contribution in [2.75, 3.05) is 0 Å². The summed E-state index contributed by atoms with van der Waals surface area (Å²) in [6, 6.07) is 0. The van der Waals surface area contributed by atoms with Gasteiger partial charge in [0, 0.05) is 0 Å². The van der Waals surface area contributed by atoms with Gasteiger partial charge in [0.2, 0.25) is 0 Å². The van der Waals surface area contributed by atoms with Crippen molar-refractivity contribution >= 4 is 0 Å². The third-order valence-electron chi connectivity index (χ3n) is 10.3. The third kappa shape index (κ3) is 5.61. The molecule has 4 atom stereocenters. The van der Waals surface area contributed by atoms with Crippen LogP contribution in [-0.2, 0) is 0 Å². The summed E-state index contributed by atoms with van der Waals surface area (Å²) >= 11 is 0. The van der Waals surface area contributed by atoms with Gasteiger partial charge < -0.3 is 0 Å². The van der Waals surface area contributed by atoms with E-state index in [1.807, 2.05) is 6.92 Å².